The van der Waals surface area contributed by atoms with Crippen molar-refractivity contribution in [1.82, 2.24) is 9.80 Å². The van der Waals surface area contributed by atoms with Crippen LogP contribution in [0.4, 0.5) is 26.3 Å². The van der Waals surface area contributed by atoms with Gasteiger partial charge in [0.05, 0.1) is 5.56 Å². The summed E-state index contributed by atoms with van der Waals surface area (Å²) >= 11 is 0. The quantitative estimate of drug-likeness (QED) is 0.574. The molecule has 0 unspecified atom stereocenters. The zero-order valence-electron chi connectivity index (χ0n) is 12.2. The maximum absolute atomic E-state index is 13.7. The number of nitrogens with zero attached hydrogens (tertiary/aromatic N) is 2. The molecule has 24 heavy (non-hydrogen) atoms. The van der Waals surface area contributed by atoms with Crippen LogP contribution in [0.5, 0.6) is 0 Å². The van der Waals surface area contributed by atoms with Crippen molar-refractivity contribution in [3.05, 3.63) is 35.1 Å². The van der Waals surface area contributed by atoms with Crippen molar-refractivity contribution >= 4 is 11.8 Å². The molecule has 0 radical (unpaired) electrons. The molecule has 0 saturated carbocycles. The van der Waals surface area contributed by atoms with E-state index in [1.165, 1.54) is 0 Å². The van der Waals surface area contributed by atoms with E-state index in [9.17, 15) is 35.9 Å². The van der Waals surface area contributed by atoms with Crippen LogP contribution in [-0.4, -0.2) is 54.0 Å². The monoisotopic (exact) mass is 354 g/mol. The maximum atomic E-state index is 13.7. The molecule has 1 fully saturated rings. The van der Waals surface area contributed by atoms with E-state index < -0.39 is 47.6 Å². The smallest absolute Gasteiger partial charge is 0.337 e. The molecule has 4 nitrogen and oxygen atoms in total. The van der Waals surface area contributed by atoms with Gasteiger partial charge in [-0.15, -0.1) is 0 Å². The predicted octanol–water partition coefficient (Wildman–Crippen LogP) is 2.34. The molecule has 2 rings (SSSR count). The first-order valence-electron chi connectivity index (χ1n) is 6.91. The van der Waals surface area contributed by atoms with Crippen molar-refractivity contribution in [2.45, 2.75) is 12.6 Å². The summed E-state index contributed by atoms with van der Waals surface area (Å²) in [5.41, 5.74) is -0.718. The van der Waals surface area contributed by atoms with Crippen LogP contribution in [-0.2, 0) is 4.79 Å². The summed E-state index contributed by atoms with van der Waals surface area (Å²) in [4.78, 5) is 24.9. The Labute approximate surface area is 132 Å². The second kappa shape index (κ2) is 6.70. The van der Waals surface area contributed by atoms with Crippen molar-refractivity contribution in [2.24, 2.45) is 0 Å². The standard InChI is InChI=1S/C14H12F6N2O2/c15-9-3-2-8(10(16)11(9)17)12(23)21-4-1-5-22(7-6-21)13(24)14(18,19)20/h2-3H,1,4-7H2. The van der Waals surface area contributed by atoms with Crippen molar-refractivity contribution < 1.29 is 35.9 Å². The van der Waals surface area contributed by atoms with E-state index in [-0.39, 0.29) is 26.1 Å². The summed E-state index contributed by atoms with van der Waals surface area (Å²) in [6.45, 7) is -0.935. The molecule has 10 heteroatoms. The van der Waals surface area contributed by atoms with Gasteiger partial charge in [-0.05, 0) is 18.6 Å². The van der Waals surface area contributed by atoms with Crippen LogP contribution >= 0.6 is 0 Å². The minimum Gasteiger partial charge on any atom is -0.337 e. The minimum atomic E-state index is -5.02. The molecule has 0 aliphatic carbocycles. The lowest BCUT2D eigenvalue weighted by Crippen LogP contribution is -2.43. The highest BCUT2D eigenvalue weighted by Crippen LogP contribution is 2.21. The van der Waals surface area contributed by atoms with Crippen LogP contribution in [0.15, 0.2) is 12.1 Å². The Kier molecular flexibility index (Phi) is 5.05. The Morgan fingerprint density at radius 1 is 0.875 bits per heavy atom. The molecule has 1 saturated heterocycles. The van der Waals surface area contributed by atoms with Gasteiger partial charge in [0.1, 0.15) is 0 Å². The van der Waals surface area contributed by atoms with Crippen LogP contribution in [0.25, 0.3) is 0 Å². The molecule has 1 aliphatic rings. The number of rotatable bonds is 1. The van der Waals surface area contributed by atoms with E-state index in [2.05, 4.69) is 0 Å². The van der Waals surface area contributed by atoms with E-state index in [0.29, 0.717) is 11.0 Å². The molecular formula is C14H12F6N2O2. The average Bonchev–Trinajstić information content (AvgIpc) is 2.76. The number of carbonyl (C=O) groups excluding carboxylic acids is 2. The molecule has 0 aromatic heterocycles. The fraction of sp³-hybridized carbons (Fsp3) is 0.429. The Morgan fingerprint density at radius 3 is 2.08 bits per heavy atom. The van der Waals surface area contributed by atoms with Crippen LogP contribution < -0.4 is 0 Å². The van der Waals surface area contributed by atoms with Crippen molar-refractivity contribution in [3.8, 4) is 0 Å². The number of hydrogen-bond donors (Lipinski definition) is 0. The van der Waals surface area contributed by atoms with Gasteiger partial charge in [0, 0.05) is 26.2 Å². The zero-order valence-corrected chi connectivity index (χ0v) is 12.2. The summed E-state index contributed by atoms with van der Waals surface area (Å²) in [5.74, 6) is -7.91. The zero-order chi connectivity index (χ0) is 18.1. The highest BCUT2D eigenvalue weighted by atomic mass is 19.4. The van der Waals surface area contributed by atoms with Crippen LogP contribution in [0.2, 0.25) is 0 Å². The SMILES string of the molecule is O=C(c1ccc(F)c(F)c1F)N1CCCN(C(=O)C(F)(F)F)CC1. The number of hydrogen-bond acceptors (Lipinski definition) is 2. The van der Waals surface area contributed by atoms with E-state index >= 15 is 0 Å². The largest absolute Gasteiger partial charge is 0.471 e. The van der Waals surface area contributed by atoms with Gasteiger partial charge in [0.2, 0.25) is 0 Å². The van der Waals surface area contributed by atoms with Gasteiger partial charge in [-0.2, -0.15) is 13.2 Å². The highest BCUT2D eigenvalue weighted by Gasteiger charge is 2.42. The molecule has 1 heterocycles. The number of halogens is 6. The van der Waals surface area contributed by atoms with Crippen LogP contribution in [0.1, 0.15) is 16.8 Å². The Morgan fingerprint density at radius 2 is 1.46 bits per heavy atom. The molecule has 1 aliphatic heterocycles. The summed E-state index contributed by atoms with van der Waals surface area (Å²) < 4.78 is 77.0. The van der Waals surface area contributed by atoms with Gasteiger partial charge >= 0.3 is 12.1 Å². The minimum absolute atomic E-state index is 0.0405. The Bertz CT molecular complexity index is 661. The van der Waals surface area contributed by atoms with Crippen molar-refractivity contribution in [2.75, 3.05) is 26.2 Å². The topological polar surface area (TPSA) is 40.6 Å². The van der Waals surface area contributed by atoms with Crippen LogP contribution in [0, 0.1) is 17.5 Å². The molecule has 2 amide bonds. The Hall–Kier alpha value is -2.26. The second-order valence-electron chi connectivity index (χ2n) is 5.16. The number of alkyl halides is 3. The van der Waals surface area contributed by atoms with E-state index in [1.807, 2.05) is 0 Å². The molecule has 132 valence electrons. The fourth-order valence-corrected chi connectivity index (χ4v) is 2.36. The molecular weight excluding hydrogens is 342 g/mol. The first kappa shape index (κ1) is 18.1. The summed E-state index contributed by atoms with van der Waals surface area (Å²) in [5, 5.41) is 0. The fourth-order valence-electron chi connectivity index (χ4n) is 2.36. The summed E-state index contributed by atoms with van der Waals surface area (Å²) in [7, 11) is 0. The third-order valence-corrected chi connectivity index (χ3v) is 3.58. The number of carbonyl (C=O) groups is 2. The van der Waals surface area contributed by atoms with Gasteiger partial charge < -0.3 is 9.80 Å². The van der Waals surface area contributed by atoms with E-state index in [1.54, 1.807) is 0 Å². The van der Waals surface area contributed by atoms with Crippen molar-refractivity contribution in [3.63, 3.8) is 0 Å². The first-order valence-corrected chi connectivity index (χ1v) is 6.91. The normalized spacial score (nSPS) is 16.1. The van der Waals surface area contributed by atoms with Gasteiger partial charge in [-0.25, -0.2) is 13.2 Å². The van der Waals surface area contributed by atoms with Gasteiger partial charge in [0.15, 0.2) is 17.5 Å². The summed E-state index contributed by atoms with van der Waals surface area (Å²) in [6.07, 6.45) is -4.98. The first-order chi connectivity index (χ1) is 11.1. The van der Waals surface area contributed by atoms with Crippen molar-refractivity contribution in [1.29, 1.82) is 0 Å². The molecule has 1 aromatic rings. The third kappa shape index (κ3) is 3.62. The predicted molar refractivity (Wildman–Crippen MR) is 69.5 cm³/mol. The van der Waals surface area contributed by atoms with E-state index in [4.69, 9.17) is 0 Å². The van der Waals surface area contributed by atoms with Gasteiger partial charge in [0.25, 0.3) is 5.91 Å². The molecule has 0 N–H and O–H groups in total. The molecule has 0 atom stereocenters. The lowest BCUT2D eigenvalue weighted by molar-refractivity contribution is -0.185. The van der Waals surface area contributed by atoms with Crippen LogP contribution in [0.3, 0.4) is 0 Å². The number of amides is 2. The molecule has 0 spiro atoms. The Balaban J connectivity index is 2.13. The third-order valence-electron chi connectivity index (χ3n) is 3.58. The molecule has 0 bridgehead atoms. The average molecular weight is 354 g/mol. The lowest BCUT2D eigenvalue weighted by atomic mass is 10.1. The van der Waals surface area contributed by atoms with Gasteiger partial charge in [-0.3, -0.25) is 9.59 Å². The highest BCUT2D eigenvalue weighted by molar-refractivity contribution is 5.94. The maximum Gasteiger partial charge on any atom is 0.471 e. The van der Waals surface area contributed by atoms with Gasteiger partial charge in [-0.1, -0.05) is 0 Å². The van der Waals surface area contributed by atoms with E-state index in [0.717, 1.165) is 11.0 Å². The second-order valence-corrected chi connectivity index (χ2v) is 5.16. The summed E-state index contributed by atoms with van der Waals surface area (Å²) in [6, 6.07) is 1.35. The lowest BCUT2D eigenvalue weighted by Gasteiger charge is -2.23. The molecule has 1 aromatic carbocycles. The number of benzene rings is 1.